The molecule has 0 saturated carbocycles. The van der Waals surface area contributed by atoms with Gasteiger partial charge in [-0.15, -0.1) is 0 Å². The molecule has 3 N–H and O–H groups in total. The lowest BCUT2D eigenvalue weighted by Gasteiger charge is -2.21. The third-order valence-corrected chi connectivity index (χ3v) is 4.05. The third-order valence-electron chi connectivity index (χ3n) is 4.05. The van der Waals surface area contributed by atoms with Crippen LogP contribution >= 0.6 is 0 Å². The molecule has 2 heteroatoms. The molecular weight excluding hydrogens is 208 g/mol. The van der Waals surface area contributed by atoms with Gasteiger partial charge in [-0.2, -0.15) is 0 Å². The average Bonchev–Trinajstić information content (AvgIpc) is 2.66. The Balaban J connectivity index is 2.30. The van der Waals surface area contributed by atoms with Crippen LogP contribution in [0.15, 0.2) is 12.1 Å². The van der Waals surface area contributed by atoms with Crippen molar-refractivity contribution in [2.45, 2.75) is 39.0 Å². The standard InChI is InChI=1S/C15H20N2/c1-9-6-10(2)14-12-5-3-4-11(8-16)15(12)17-13(14)7-9/h6-7,11,17H,3-5,8,16H2,1-2H3. The molecule has 1 atom stereocenters. The third kappa shape index (κ3) is 1.59. The second-order valence-electron chi connectivity index (χ2n) is 5.35. The van der Waals surface area contributed by atoms with Crippen LogP contribution in [0.1, 0.15) is 41.1 Å². The molecule has 90 valence electrons. The molecule has 0 amide bonds. The number of nitrogens with two attached hydrogens (primary N) is 1. The first-order valence-electron chi connectivity index (χ1n) is 6.52. The van der Waals surface area contributed by atoms with Gasteiger partial charge in [0.05, 0.1) is 0 Å². The van der Waals surface area contributed by atoms with Crippen molar-refractivity contribution in [1.29, 1.82) is 0 Å². The quantitative estimate of drug-likeness (QED) is 0.773. The molecule has 3 rings (SSSR count). The summed E-state index contributed by atoms with van der Waals surface area (Å²) < 4.78 is 0. The normalized spacial score (nSPS) is 19.6. The van der Waals surface area contributed by atoms with E-state index in [-0.39, 0.29) is 0 Å². The number of aromatic amines is 1. The fourth-order valence-electron chi connectivity index (χ4n) is 3.34. The topological polar surface area (TPSA) is 41.8 Å². The van der Waals surface area contributed by atoms with Gasteiger partial charge in [-0.1, -0.05) is 6.07 Å². The van der Waals surface area contributed by atoms with E-state index in [9.17, 15) is 0 Å². The molecule has 0 spiro atoms. The maximum atomic E-state index is 5.89. The number of H-pyrrole nitrogens is 1. The second-order valence-corrected chi connectivity index (χ2v) is 5.35. The summed E-state index contributed by atoms with van der Waals surface area (Å²) in [6.45, 7) is 5.14. The Labute approximate surface area is 102 Å². The first-order chi connectivity index (χ1) is 8.20. The Morgan fingerprint density at radius 1 is 1.35 bits per heavy atom. The molecule has 1 aliphatic rings. The minimum Gasteiger partial charge on any atom is -0.358 e. The lowest BCUT2D eigenvalue weighted by Crippen LogP contribution is -2.17. The highest BCUT2D eigenvalue weighted by Crippen LogP contribution is 2.37. The molecule has 1 unspecified atom stereocenters. The first-order valence-corrected chi connectivity index (χ1v) is 6.52. The summed E-state index contributed by atoms with van der Waals surface area (Å²) in [6.07, 6.45) is 3.71. The fourth-order valence-corrected chi connectivity index (χ4v) is 3.34. The maximum Gasteiger partial charge on any atom is 0.0464 e. The van der Waals surface area contributed by atoms with Crippen LogP contribution in [0.25, 0.3) is 10.9 Å². The van der Waals surface area contributed by atoms with Crippen LogP contribution in [0.4, 0.5) is 0 Å². The van der Waals surface area contributed by atoms with E-state index in [0.29, 0.717) is 5.92 Å². The number of aromatic nitrogens is 1. The molecule has 0 radical (unpaired) electrons. The molecule has 1 aliphatic carbocycles. The van der Waals surface area contributed by atoms with Crippen molar-refractivity contribution in [3.63, 3.8) is 0 Å². The molecule has 1 aromatic carbocycles. The van der Waals surface area contributed by atoms with Gasteiger partial charge in [-0.05, 0) is 55.9 Å². The molecule has 0 bridgehead atoms. The molecular formula is C15H20N2. The largest absolute Gasteiger partial charge is 0.358 e. The zero-order chi connectivity index (χ0) is 12.0. The minimum absolute atomic E-state index is 0.533. The van der Waals surface area contributed by atoms with Crippen LogP contribution in [0, 0.1) is 13.8 Å². The van der Waals surface area contributed by atoms with Gasteiger partial charge in [0.1, 0.15) is 0 Å². The number of nitrogens with one attached hydrogen (secondary N) is 1. The molecule has 0 saturated heterocycles. The van der Waals surface area contributed by atoms with E-state index in [0.717, 1.165) is 6.54 Å². The van der Waals surface area contributed by atoms with Crippen molar-refractivity contribution in [2.75, 3.05) is 6.54 Å². The molecule has 0 fully saturated rings. The van der Waals surface area contributed by atoms with Gasteiger partial charge in [-0.25, -0.2) is 0 Å². The molecule has 17 heavy (non-hydrogen) atoms. The summed E-state index contributed by atoms with van der Waals surface area (Å²) in [5, 5.41) is 1.45. The Morgan fingerprint density at radius 3 is 2.94 bits per heavy atom. The molecule has 1 heterocycles. The number of hydrogen-bond donors (Lipinski definition) is 2. The van der Waals surface area contributed by atoms with Crippen LogP contribution in [0.3, 0.4) is 0 Å². The van der Waals surface area contributed by atoms with Gasteiger partial charge >= 0.3 is 0 Å². The lowest BCUT2D eigenvalue weighted by molar-refractivity contribution is 0.553. The van der Waals surface area contributed by atoms with E-state index in [1.165, 1.54) is 52.5 Å². The first kappa shape index (κ1) is 10.8. The van der Waals surface area contributed by atoms with Crippen molar-refractivity contribution in [1.82, 2.24) is 4.98 Å². The maximum absolute atomic E-state index is 5.89. The van der Waals surface area contributed by atoms with Crippen molar-refractivity contribution in [3.05, 3.63) is 34.5 Å². The van der Waals surface area contributed by atoms with Gasteiger partial charge in [0.25, 0.3) is 0 Å². The van der Waals surface area contributed by atoms with Crippen LogP contribution in [-0.2, 0) is 6.42 Å². The van der Waals surface area contributed by atoms with Crippen LogP contribution in [0.5, 0.6) is 0 Å². The molecule has 2 aromatic rings. The van der Waals surface area contributed by atoms with E-state index >= 15 is 0 Å². The number of fused-ring (bicyclic) bond motifs is 3. The Morgan fingerprint density at radius 2 is 2.18 bits per heavy atom. The number of hydrogen-bond acceptors (Lipinski definition) is 1. The molecule has 0 aliphatic heterocycles. The number of rotatable bonds is 1. The van der Waals surface area contributed by atoms with Crippen molar-refractivity contribution in [3.8, 4) is 0 Å². The molecule has 1 aromatic heterocycles. The van der Waals surface area contributed by atoms with Crippen LogP contribution in [-0.4, -0.2) is 11.5 Å². The fraction of sp³-hybridized carbons (Fsp3) is 0.467. The minimum atomic E-state index is 0.533. The average molecular weight is 228 g/mol. The second kappa shape index (κ2) is 3.88. The summed E-state index contributed by atoms with van der Waals surface area (Å²) in [6, 6.07) is 4.54. The van der Waals surface area contributed by atoms with E-state index in [4.69, 9.17) is 5.73 Å². The van der Waals surface area contributed by atoms with Crippen molar-refractivity contribution in [2.24, 2.45) is 5.73 Å². The van der Waals surface area contributed by atoms with Crippen LogP contribution < -0.4 is 5.73 Å². The Kier molecular flexibility index (Phi) is 2.48. The monoisotopic (exact) mass is 228 g/mol. The summed E-state index contributed by atoms with van der Waals surface area (Å²) in [7, 11) is 0. The summed E-state index contributed by atoms with van der Waals surface area (Å²) in [5.41, 5.74) is 12.8. The zero-order valence-electron chi connectivity index (χ0n) is 10.6. The van der Waals surface area contributed by atoms with Gasteiger partial charge in [0.2, 0.25) is 0 Å². The van der Waals surface area contributed by atoms with Gasteiger partial charge in [-0.3, -0.25) is 0 Å². The van der Waals surface area contributed by atoms with Gasteiger partial charge < -0.3 is 10.7 Å². The summed E-state index contributed by atoms with van der Waals surface area (Å²) in [4.78, 5) is 3.62. The predicted molar refractivity (Wildman–Crippen MR) is 72.5 cm³/mol. The zero-order valence-corrected chi connectivity index (χ0v) is 10.6. The van der Waals surface area contributed by atoms with E-state index in [1.807, 2.05) is 0 Å². The van der Waals surface area contributed by atoms with Crippen molar-refractivity contribution >= 4 is 10.9 Å². The van der Waals surface area contributed by atoms with E-state index in [2.05, 4.69) is 31.0 Å². The van der Waals surface area contributed by atoms with E-state index < -0.39 is 0 Å². The number of benzene rings is 1. The van der Waals surface area contributed by atoms with Crippen molar-refractivity contribution < 1.29 is 0 Å². The number of aryl methyl sites for hydroxylation is 3. The molecule has 2 nitrogen and oxygen atoms in total. The SMILES string of the molecule is Cc1cc(C)c2c3c([nH]c2c1)C(CN)CCC3. The lowest BCUT2D eigenvalue weighted by atomic mass is 9.86. The highest BCUT2D eigenvalue weighted by Gasteiger charge is 2.23. The van der Waals surface area contributed by atoms with E-state index in [1.54, 1.807) is 0 Å². The van der Waals surface area contributed by atoms with Gasteiger partial charge in [0.15, 0.2) is 0 Å². The Bertz CT molecular complexity index is 566. The summed E-state index contributed by atoms with van der Waals surface area (Å²) in [5.74, 6) is 0.533. The Hall–Kier alpha value is -1.28. The highest BCUT2D eigenvalue weighted by atomic mass is 14.8. The smallest absolute Gasteiger partial charge is 0.0464 e. The highest BCUT2D eigenvalue weighted by molar-refractivity contribution is 5.89. The van der Waals surface area contributed by atoms with Crippen LogP contribution in [0.2, 0.25) is 0 Å². The summed E-state index contributed by atoms with van der Waals surface area (Å²) >= 11 is 0. The predicted octanol–water partition coefficient (Wildman–Crippen LogP) is 3.16. The van der Waals surface area contributed by atoms with Gasteiger partial charge in [0, 0.05) is 29.1 Å².